The number of fused-ring (bicyclic) bond motifs is 1. The molecule has 1 aromatic carbocycles. The Morgan fingerprint density at radius 1 is 1.27 bits per heavy atom. The monoisotopic (exact) mass is 290 g/mol. The van der Waals surface area contributed by atoms with Crippen molar-refractivity contribution in [2.24, 2.45) is 10.9 Å². The molecule has 3 N–H and O–H groups in total. The summed E-state index contributed by atoms with van der Waals surface area (Å²) in [5.74, 6) is -0.374. The van der Waals surface area contributed by atoms with E-state index in [0.29, 0.717) is 17.1 Å². The van der Waals surface area contributed by atoms with Crippen molar-refractivity contribution in [2.45, 2.75) is 19.8 Å². The SMILES string of the molecule is CC1=NC(C)=C(C#N)C(c2ccc3[nH]nc(N)c3c2)C1C#N. The molecule has 0 saturated heterocycles. The average molecular weight is 290 g/mol. The van der Waals surface area contributed by atoms with Crippen molar-refractivity contribution in [3.05, 3.63) is 35.0 Å². The zero-order valence-electron chi connectivity index (χ0n) is 12.3. The summed E-state index contributed by atoms with van der Waals surface area (Å²) < 4.78 is 0. The van der Waals surface area contributed by atoms with E-state index < -0.39 is 5.92 Å². The van der Waals surface area contributed by atoms with E-state index in [-0.39, 0.29) is 5.92 Å². The lowest BCUT2D eigenvalue weighted by atomic mass is 9.76. The number of nitrogen functional groups attached to an aromatic ring is 1. The largest absolute Gasteiger partial charge is 0.382 e. The fourth-order valence-electron chi connectivity index (χ4n) is 2.95. The molecule has 0 aliphatic carbocycles. The van der Waals surface area contributed by atoms with Crippen molar-refractivity contribution in [1.82, 2.24) is 10.2 Å². The molecule has 108 valence electrons. The molecule has 1 aliphatic rings. The van der Waals surface area contributed by atoms with Crippen molar-refractivity contribution < 1.29 is 0 Å². The summed E-state index contributed by atoms with van der Waals surface area (Å²) in [5.41, 5.74) is 9.47. The number of anilines is 1. The van der Waals surface area contributed by atoms with Gasteiger partial charge in [-0.25, -0.2) is 0 Å². The maximum atomic E-state index is 9.51. The quantitative estimate of drug-likeness (QED) is 0.839. The summed E-state index contributed by atoms with van der Waals surface area (Å²) in [7, 11) is 0. The second kappa shape index (κ2) is 5.01. The molecule has 0 spiro atoms. The van der Waals surface area contributed by atoms with Crippen molar-refractivity contribution >= 4 is 22.4 Å². The smallest absolute Gasteiger partial charge is 0.153 e. The number of rotatable bonds is 1. The molecule has 0 fully saturated rings. The number of hydrogen-bond acceptors (Lipinski definition) is 5. The minimum Gasteiger partial charge on any atom is -0.382 e. The first-order valence-corrected chi connectivity index (χ1v) is 6.86. The van der Waals surface area contributed by atoms with E-state index in [1.54, 1.807) is 6.92 Å². The second-order valence-electron chi connectivity index (χ2n) is 5.36. The van der Waals surface area contributed by atoms with Gasteiger partial charge in [-0.05, 0) is 31.5 Å². The molecule has 1 aromatic heterocycles. The van der Waals surface area contributed by atoms with E-state index in [1.165, 1.54) is 0 Å². The van der Waals surface area contributed by atoms with Gasteiger partial charge in [0.1, 0.15) is 0 Å². The Balaban J connectivity index is 2.22. The zero-order chi connectivity index (χ0) is 15.9. The number of aromatic amines is 1. The normalized spacial score (nSPS) is 21.4. The fraction of sp³-hybridized carbons (Fsp3) is 0.250. The molecular formula is C16H14N6. The standard InChI is InChI=1S/C16H14N6/c1-8-12(6-17)15(13(7-18)9(2)20-8)10-3-4-14-11(5-10)16(19)22-21-14/h3-5,12,15H,1-2H3,(H3,19,21,22). The van der Waals surface area contributed by atoms with Crippen LogP contribution in [0.4, 0.5) is 5.82 Å². The third-order valence-corrected chi connectivity index (χ3v) is 4.06. The number of nitrogens with zero attached hydrogens (tertiary/aromatic N) is 4. The Labute approximate surface area is 127 Å². The molecule has 2 atom stereocenters. The number of allylic oxidation sites excluding steroid dienone is 2. The molecule has 3 rings (SSSR count). The van der Waals surface area contributed by atoms with Crippen LogP contribution in [0.15, 0.2) is 34.5 Å². The lowest BCUT2D eigenvalue weighted by Crippen LogP contribution is -2.24. The van der Waals surface area contributed by atoms with E-state index in [2.05, 4.69) is 27.3 Å². The molecule has 0 amide bonds. The van der Waals surface area contributed by atoms with Crippen LogP contribution in [0, 0.1) is 28.6 Å². The van der Waals surface area contributed by atoms with Gasteiger partial charge in [-0.3, -0.25) is 10.1 Å². The van der Waals surface area contributed by atoms with Crippen LogP contribution in [0.1, 0.15) is 25.3 Å². The van der Waals surface area contributed by atoms with E-state index in [9.17, 15) is 10.5 Å². The highest BCUT2D eigenvalue weighted by Crippen LogP contribution is 2.39. The number of aromatic nitrogens is 2. The first-order valence-electron chi connectivity index (χ1n) is 6.86. The number of nitrogens with one attached hydrogen (secondary N) is 1. The number of nitriles is 2. The minimum absolute atomic E-state index is 0.328. The molecule has 22 heavy (non-hydrogen) atoms. The van der Waals surface area contributed by atoms with Gasteiger partial charge >= 0.3 is 0 Å². The Hall–Kier alpha value is -3.12. The van der Waals surface area contributed by atoms with Crippen LogP contribution in [0.2, 0.25) is 0 Å². The van der Waals surface area contributed by atoms with Gasteiger partial charge in [-0.1, -0.05) is 6.07 Å². The zero-order valence-corrected chi connectivity index (χ0v) is 12.3. The minimum atomic E-state index is -0.455. The number of aliphatic imine (C=N–C) groups is 1. The maximum Gasteiger partial charge on any atom is 0.153 e. The van der Waals surface area contributed by atoms with Crippen LogP contribution in [-0.2, 0) is 0 Å². The summed E-state index contributed by atoms with van der Waals surface area (Å²) in [5, 5.41) is 26.6. The van der Waals surface area contributed by atoms with Gasteiger partial charge in [0.2, 0.25) is 0 Å². The predicted octanol–water partition coefficient (Wildman–Crippen LogP) is 2.64. The Morgan fingerprint density at radius 3 is 2.73 bits per heavy atom. The van der Waals surface area contributed by atoms with Crippen molar-refractivity contribution in [2.75, 3.05) is 5.73 Å². The molecule has 0 saturated carbocycles. The molecule has 0 radical (unpaired) electrons. The summed E-state index contributed by atoms with van der Waals surface area (Å²) in [6.45, 7) is 3.62. The lowest BCUT2D eigenvalue weighted by molar-refractivity contribution is 0.704. The predicted molar refractivity (Wildman–Crippen MR) is 83.8 cm³/mol. The second-order valence-corrected chi connectivity index (χ2v) is 5.36. The topological polar surface area (TPSA) is 115 Å². The lowest BCUT2D eigenvalue weighted by Gasteiger charge is -2.26. The molecule has 0 bridgehead atoms. The van der Waals surface area contributed by atoms with Crippen molar-refractivity contribution in [3.63, 3.8) is 0 Å². The van der Waals surface area contributed by atoms with E-state index in [4.69, 9.17) is 5.73 Å². The first-order chi connectivity index (χ1) is 10.6. The number of nitrogens with two attached hydrogens (primary N) is 1. The fourth-order valence-corrected chi connectivity index (χ4v) is 2.95. The van der Waals surface area contributed by atoms with Crippen LogP contribution in [0.3, 0.4) is 0 Å². The van der Waals surface area contributed by atoms with Gasteiger partial charge < -0.3 is 5.73 Å². The number of H-pyrrole nitrogens is 1. The summed E-state index contributed by atoms with van der Waals surface area (Å²) in [6.07, 6.45) is 0. The van der Waals surface area contributed by atoms with Crippen molar-refractivity contribution in [1.29, 1.82) is 10.5 Å². The van der Waals surface area contributed by atoms with Crippen LogP contribution in [0.5, 0.6) is 0 Å². The van der Waals surface area contributed by atoms with Gasteiger partial charge in [0, 0.05) is 17.0 Å². The molecule has 6 heteroatoms. The van der Waals surface area contributed by atoms with Crippen LogP contribution < -0.4 is 5.73 Å². The van der Waals surface area contributed by atoms with Crippen molar-refractivity contribution in [3.8, 4) is 12.1 Å². The molecule has 1 aliphatic heterocycles. The highest BCUT2D eigenvalue weighted by atomic mass is 15.1. The third kappa shape index (κ3) is 1.94. The number of benzene rings is 1. The molecule has 2 aromatic rings. The van der Waals surface area contributed by atoms with Crippen LogP contribution in [-0.4, -0.2) is 15.9 Å². The summed E-state index contributed by atoms with van der Waals surface area (Å²) in [4.78, 5) is 4.34. The van der Waals surface area contributed by atoms with E-state index in [1.807, 2.05) is 25.1 Å². The maximum absolute atomic E-state index is 9.51. The summed E-state index contributed by atoms with van der Waals surface area (Å²) >= 11 is 0. The van der Waals surface area contributed by atoms with Gasteiger partial charge in [-0.15, -0.1) is 0 Å². The van der Waals surface area contributed by atoms with E-state index >= 15 is 0 Å². The Bertz CT molecular complexity index is 903. The average Bonchev–Trinajstić information content (AvgIpc) is 2.87. The molecular weight excluding hydrogens is 276 g/mol. The van der Waals surface area contributed by atoms with Gasteiger partial charge in [0.05, 0.1) is 34.8 Å². The summed E-state index contributed by atoms with van der Waals surface area (Å²) in [6, 6.07) is 10.1. The molecule has 6 nitrogen and oxygen atoms in total. The molecule has 2 unspecified atom stereocenters. The first kappa shape index (κ1) is 13.8. The third-order valence-electron chi connectivity index (χ3n) is 4.06. The highest BCUT2D eigenvalue weighted by molar-refractivity contribution is 5.92. The van der Waals surface area contributed by atoms with E-state index in [0.717, 1.165) is 22.2 Å². The van der Waals surface area contributed by atoms with Crippen LogP contribution >= 0.6 is 0 Å². The highest BCUT2D eigenvalue weighted by Gasteiger charge is 2.34. The Morgan fingerprint density at radius 2 is 2.05 bits per heavy atom. The van der Waals surface area contributed by atoms with Gasteiger partial charge in [0.25, 0.3) is 0 Å². The molecule has 2 heterocycles. The van der Waals surface area contributed by atoms with Gasteiger partial charge in [-0.2, -0.15) is 15.6 Å². The van der Waals surface area contributed by atoms with Crippen LogP contribution in [0.25, 0.3) is 10.9 Å². The Kier molecular flexibility index (Phi) is 3.15. The van der Waals surface area contributed by atoms with Gasteiger partial charge in [0.15, 0.2) is 5.82 Å². The number of hydrogen-bond donors (Lipinski definition) is 2.